The van der Waals surface area contributed by atoms with Crippen molar-refractivity contribution in [3.8, 4) is 17.2 Å². The molecule has 0 unspecified atom stereocenters. The summed E-state index contributed by atoms with van der Waals surface area (Å²) < 4.78 is 5.91. The molecule has 172 valence electrons. The van der Waals surface area contributed by atoms with E-state index in [1.165, 1.54) is 12.3 Å². The number of rotatable bonds is 6. The summed E-state index contributed by atoms with van der Waals surface area (Å²) in [5, 5.41) is 22.0. The number of aliphatic imine (C=N–C) groups is 1. The van der Waals surface area contributed by atoms with Crippen molar-refractivity contribution in [3.05, 3.63) is 117 Å². The lowest BCUT2D eigenvalue weighted by Crippen LogP contribution is -1.97. The molecule has 0 saturated carbocycles. The van der Waals surface area contributed by atoms with E-state index >= 15 is 0 Å². The number of phenolic OH excluding ortho intramolecular Hbond substituents is 1. The van der Waals surface area contributed by atoms with Crippen LogP contribution >= 0.6 is 0 Å². The molecule has 0 aliphatic heterocycles. The normalized spacial score (nSPS) is 11.3. The summed E-state index contributed by atoms with van der Waals surface area (Å²) >= 11 is 0. The van der Waals surface area contributed by atoms with E-state index < -0.39 is 10.7 Å². The van der Waals surface area contributed by atoms with Gasteiger partial charge in [0, 0.05) is 23.4 Å². The average Bonchev–Trinajstić information content (AvgIpc) is 3.28. The lowest BCUT2D eigenvalue weighted by atomic mass is 10.0. The molecule has 7 heteroatoms. The van der Waals surface area contributed by atoms with Crippen molar-refractivity contribution in [2.45, 2.75) is 13.3 Å². The molecule has 0 atom stereocenters. The van der Waals surface area contributed by atoms with Crippen LogP contribution in [0.1, 0.15) is 22.3 Å². The highest BCUT2D eigenvalue weighted by molar-refractivity contribution is 5.89. The minimum atomic E-state index is -0.588. The molecule has 5 aromatic rings. The number of fused-ring (bicyclic) bond motifs is 1. The van der Waals surface area contributed by atoms with Crippen molar-refractivity contribution >= 4 is 28.7 Å². The summed E-state index contributed by atoms with van der Waals surface area (Å²) in [5.74, 6) is 0.112. The van der Waals surface area contributed by atoms with Gasteiger partial charge in [-0.25, -0.2) is 4.98 Å². The van der Waals surface area contributed by atoms with Gasteiger partial charge in [0.05, 0.1) is 10.6 Å². The van der Waals surface area contributed by atoms with Crippen LogP contribution in [-0.2, 0) is 6.42 Å². The van der Waals surface area contributed by atoms with E-state index in [4.69, 9.17) is 4.42 Å². The standard InChI is InChI=1S/C28H21N3O4/c1-18-7-5-6-10-23(18)28-30-24-16-22(11-12-26(24)35-28)29-17-21-14-20(13-19-8-3-2-4-9-19)15-25(27(21)32)31(33)34/h2-12,14-17,32H,13H2,1H3. The number of aryl methyl sites for hydroxylation is 1. The van der Waals surface area contributed by atoms with Gasteiger partial charge in [0.1, 0.15) is 5.52 Å². The predicted molar refractivity (Wildman–Crippen MR) is 135 cm³/mol. The van der Waals surface area contributed by atoms with Gasteiger partial charge >= 0.3 is 5.69 Å². The number of nitrogens with zero attached hydrogens (tertiary/aromatic N) is 3. The van der Waals surface area contributed by atoms with E-state index in [1.807, 2.05) is 61.5 Å². The fourth-order valence-electron chi connectivity index (χ4n) is 3.94. The van der Waals surface area contributed by atoms with E-state index in [-0.39, 0.29) is 11.3 Å². The minimum absolute atomic E-state index is 0.269. The van der Waals surface area contributed by atoms with Crippen LogP contribution in [0.2, 0.25) is 0 Å². The number of nitro benzene ring substituents is 1. The summed E-state index contributed by atoms with van der Waals surface area (Å²) in [4.78, 5) is 20.0. The smallest absolute Gasteiger partial charge is 0.311 e. The van der Waals surface area contributed by atoms with Crippen LogP contribution < -0.4 is 0 Å². The third-order valence-corrected chi connectivity index (χ3v) is 5.73. The number of phenols is 1. The Morgan fingerprint density at radius 1 is 1.00 bits per heavy atom. The maximum Gasteiger partial charge on any atom is 0.311 e. The second-order valence-corrected chi connectivity index (χ2v) is 8.22. The average molecular weight is 463 g/mol. The Hall–Kier alpha value is -4.78. The molecular weight excluding hydrogens is 442 g/mol. The number of aromatic hydroxyl groups is 1. The Morgan fingerprint density at radius 2 is 1.77 bits per heavy atom. The number of oxazole rings is 1. The fraction of sp³-hybridized carbons (Fsp3) is 0.0714. The van der Waals surface area contributed by atoms with E-state index in [2.05, 4.69) is 9.98 Å². The van der Waals surface area contributed by atoms with Crippen LogP contribution in [0, 0.1) is 17.0 Å². The molecule has 0 bridgehead atoms. The first-order valence-corrected chi connectivity index (χ1v) is 11.0. The van der Waals surface area contributed by atoms with E-state index in [9.17, 15) is 15.2 Å². The molecule has 0 aliphatic rings. The van der Waals surface area contributed by atoms with E-state index in [0.717, 1.165) is 16.7 Å². The third-order valence-electron chi connectivity index (χ3n) is 5.73. The fourth-order valence-corrected chi connectivity index (χ4v) is 3.94. The Bertz CT molecular complexity index is 1570. The van der Waals surface area contributed by atoms with Crippen molar-refractivity contribution in [3.63, 3.8) is 0 Å². The van der Waals surface area contributed by atoms with Gasteiger partial charge in [-0.1, -0.05) is 48.5 Å². The van der Waals surface area contributed by atoms with Gasteiger partial charge in [-0.05, 0) is 60.4 Å². The molecule has 1 N–H and O–H groups in total. The highest BCUT2D eigenvalue weighted by Crippen LogP contribution is 2.32. The maximum absolute atomic E-state index is 11.5. The van der Waals surface area contributed by atoms with Gasteiger partial charge in [-0.3, -0.25) is 15.1 Å². The minimum Gasteiger partial charge on any atom is -0.502 e. The lowest BCUT2D eigenvalue weighted by molar-refractivity contribution is -0.385. The summed E-state index contributed by atoms with van der Waals surface area (Å²) in [7, 11) is 0. The number of aromatic nitrogens is 1. The molecule has 0 radical (unpaired) electrons. The topological polar surface area (TPSA) is 102 Å². The molecular formula is C28H21N3O4. The second kappa shape index (κ2) is 9.23. The molecule has 4 aromatic carbocycles. The molecule has 0 fully saturated rings. The van der Waals surface area contributed by atoms with Crippen molar-refractivity contribution in [2.75, 3.05) is 0 Å². The summed E-state index contributed by atoms with van der Waals surface area (Å²) in [6.07, 6.45) is 1.93. The molecule has 5 rings (SSSR count). The van der Waals surface area contributed by atoms with E-state index in [0.29, 0.717) is 34.7 Å². The zero-order valence-electron chi connectivity index (χ0n) is 18.9. The monoisotopic (exact) mass is 463 g/mol. The zero-order valence-corrected chi connectivity index (χ0v) is 18.9. The first-order chi connectivity index (χ1) is 17.0. The van der Waals surface area contributed by atoms with Crippen LogP contribution in [-0.4, -0.2) is 21.2 Å². The first kappa shape index (κ1) is 22.0. The molecule has 35 heavy (non-hydrogen) atoms. The predicted octanol–water partition coefficient (Wildman–Crippen LogP) is 6.76. The van der Waals surface area contributed by atoms with Crippen molar-refractivity contribution in [2.24, 2.45) is 4.99 Å². The first-order valence-electron chi connectivity index (χ1n) is 11.0. The number of hydrogen-bond acceptors (Lipinski definition) is 6. The Balaban J connectivity index is 1.48. The quantitative estimate of drug-likeness (QED) is 0.170. The summed E-state index contributed by atoms with van der Waals surface area (Å²) in [6.45, 7) is 2.00. The number of hydrogen-bond donors (Lipinski definition) is 1. The molecule has 7 nitrogen and oxygen atoms in total. The third kappa shape index (κ3) is 4.65. The zero-order chi connectivity index (χ0) is 24.4. The van der Waals surface area contributed by atoms with Crippen LogP contribution in [0.3, 0.4) is 0 Å². The lowest BCUT2D eigenvalue weighted by Gasteiger charge is -2.06. The Morgan fingerprint density at radius 3 is 2.54 bits per heavy atom. The van der Waals surface area contributed by atoms with Crippen molar-refractivity contribution in [1.29, 1.82) is 0 Å². The molecule has 1 aromatic heterocycles. The number of benzene rings is 4. The van der Waals surface area contributed by atoms with Crippen LogP contribution in [0.25, 0.3) is 22.6 Å². The van der Waals surface area contributed by atoms with Crippen molar-refractivity contribution in [1.82, 2.24) is 4.98 Å². The number of nitro groups is 1. The highest BCUT2D eigenvalue weighted by Gasteiger charge is 2.18. The van der Waals surface area contributed by atoms with Gasteiger partial charge < -0.3 is 9.52 Å². The molecule has 0 spiro atoms. The van der Waals surface area contributed by atoms with Gasteiger partial charge in [-0.15, -0.1) is 0 Å². The Kier molecular flexibility index (Phi) is 5.81. The second-order valence-electron chi connectivity index (χ2n) is 8.22. The summed E-state index contributed by atoms with van der Waals surface area (Å²) in [5.41, 5.74) is 5.47. The van der Waals surface area contributed by atoms with Gasteiger partial charge in [0.2, 0.25) is 11.6 Å². The van der Waals surface area contributed by atoms with Gasteiger partial charge in [-0.2, -0.15) is 0 Å². The summed E-state index contributed by atoms with van der Waals surface area (Å²) in [6, 6.07) is 25.9. The molecule has 0 amide bonds. The van der Waals surface area contributed by atoms with Crippen LogP contribution in [0.4, 0.5) is 11.4 Å². The molecule has 0 aliphatic carbocycles. The van der Waals surface area contributed by atoms with E-state index in [1.54, 1.807) is 24.3 Å². The van der Waals surface area contributed by atoms with Gasteiger partial charge in [0.15, 0.2) is 5.58 Å². The maximum atomic E-state index is 11.5. The largest absolute Gasteiger partial charge is 0.502 e. The van der Waals surface area contributed by atoms with Crippen LogP contribution in [0.15, 0.2) is 94.3 Å². The molecule has 1 heterocycles. The highest BCUT2D eigenvalue weighted by atomic mass is 16.6. The van der Waals surface area contributed by atoms with Gasteiger partial charge in [0.25, 0.3) is 0 Å². The van der Waals surface area contributed by atoms with Crippen LogP contribution in [0.5, 0.6) is 5.75 Å². The molecule has 0 saturated heterocycles. The SMILES string of the molecule is Cc1ccccc1-c1nc2cc(N=Cc3cc(Cc4ccccc4)cc([N+](=O)[O-])c3O)ccc2o1. The van der Waals surface area contributed by atoms with Crippen molar-refractivity contribution < 1.29 is 14.4 Å². The Labute approximate surface area is 201 Å².